The molecule has 0 unspecified atom stereocenters. The first-order valence-corrected chi connectivity index (χ1v) is 9.54. The number of nitrogens with one attached hydrogen (secondary N) is 1. The van der Waals surface area contributed by atoms with Crippen molar-refractivity contribution >= 4 is 27.5 Å². The van der Waals surface area contributed by atoms with Crippen LogP contribution in [-0.4, -0.2) is 43.9 Å². The summed E-state index contributed by atoms with van der Waals surface area (Å²) in [4.78, 5) is 13.9. The van der Waals surface area contributed by atoms with Crippen LogP contribution in [0, 0.1) is 0 Å². The molecule has 0 saturated heterocycles. The molecule has 1 aromatic carbocycles. The fourth-order valence-electron chi connectivity index (χ4n) is 1.96. The van der Waals surface area contributed by atoms with Crippen molar-refractivity contribution in [3.63, 3.8) is 0 Å². The lowest BCUT2D eigenvalue weighted by atomic mass is 10.1. The molecule has 124 valence electrons. The van der Waals surface area contributed by atoms with Crippen molar-refractivity contribution in [2.75, 3.05) is 18.6 Å². The molecule has 0 aliphatic carbocycles. The van der Waals surface area contributed by atoms with Crippen molar-refractivity contribution < 1.29 is 13.2 Å². The molecule has 1 aromatic rings. The molecule has 0 spiro atoms. The van der Waals surface area contributed by atoms with Crippen LogP contribution in [0.5, 0.6) is 0 Å². The van der Waals surface area contributed by atoms with Gasteiger partial charge in [0.25, 0.3) is 0 Å². The van der Waals surface area contributed by atoms with E-state index in [-0.39, 0.29) is 30.4 Å². The van der Waals surface area contributed by atoms with Gasteiger partial charge in [-0.15, -0.1) is 0 Å². The molecule has 0 fully saturated rings. The third kappa shape index (κ3) is 6.23. The summed E-state index contributed by atoms with van der Waals surface area (Å²) in [6, 6.07) is 6.68. The molecule has 0 aliphatic heterocycles. The number of urea groups is 1. The lowest BCUT2D eigenvalue weighted by Crippen LogP contribution is -2.46. The Balaban J connectivity index is 2.72. The summed E-state index contributed by atoms with van der Waals surface area (Å²) in [5.74, 6) is -0.0477. The van der Waals surface area contributed by atoms with Crippen LogP contribution >= 0.6 is 11.6 Å². The van der Waals surface area contributed by atoms with Crippen LogP contribution in [0.3, 0.4) is 0 Å². The average Bonchev–Trinajstić information content (AvgIpc) is 2.37. The zero-order valence-electron chi connectivity index (χ0n) is 13.3. The second-order valence-electron chi connectivity index (χ2n) is 5.64. The fourth-order valence-corrected chi connectivity index (χ4v) is 2.62. The molecule has 2 amide bonds. The van der Waals surface area contributed by atoms with Gasteiger partial charge >= 0.3 is 6.03 Å². The number of amides is 2. The zero-order chi connectivity index (χ0) is 16.9. The second kappa shape index (κ2) is 7.83. The molecule has 1 N–H and O–H groups in total. The molecule has 7 heteroatoms. The van der Waals surface area contributed by atoms with Gasteiger partial charge < -0.3 is 10.2 Å². The van der Waals surface area contributed by atoms with Crippen LogP contribution < -0.4 is 5.32 Å². The number of halogens is 1. The smallest absolute Gasteiger partial charge is 0.318 e. The van der Waals surface area contributed by atoms with E-state index >= 15 is 0 Å². The summed E-state index contributed by atoms with van der Waals surface area (Å²) in [5, 5.41) is 3.52. The zero-order valence-corrected chi connectivity index (χ0v) is 14.9. The standard InChI is InChI=1S/C15H23ClN2O3S/c1-11(2)18(9-10-22(4,20)21)15(19)17-12(3)13-5-7-14(16)8-6-13/h5-8,11-12H,9-10H2,1-4H3,(H,17,19)/t12-/m0/s1. The van der Waals surface area contributed by atoms with Crippen molar-refractivity contribution in [2.24, 2.45) is 0 Å². The second-order valence-corrected chi connectivity index (χ2v) is 8.34. The van der Waals surface area contributed by atoms with Gasteiger partial charge in [-0.2, -0.15) is 0 Å². The monoisotopic (exact) mass is 346 g/mol. The quantitative estimate of drug-likeness (QED) is 0.861. The number of benzene rings is 1. The van der Waals surface area contributed by atoms with Gasteiger partial charge in [0.2, 0.25) is 0 Å². The summed E-state index contributed by atoms with van der Waals surface area (Å²) < 4.78 is 22.6. The minimum absolute atomic E-state index is 0.0477. The van der Waals surface area contributed by atoms with E-state index in [4.69, 9.17) is 11.6 Å². The highest BCUT2D eigenvalue weighted by atomic mass is 35.5. The SMILES string of the molecule is CC(C)N(CCS(C)(=O)=O)C(=O)N[C@@H](C)c1ccc(Cl)cc1. The van der Waals surface area contributed by atoms with Gasteiger partial charge in [-0.3, -0.25) is 0 Å². The molecule has 1 atom stereocenters. The van der Waals surface area contributed by atoms with Crippen LogP contribution in [0.4, 0.5) is 4.79 Å². The van der Waals surface area contributed by atoms with E-state index in [2.05, 4.69) is 5.32 Å². The Labute approximate surface area is 137 Å². The molecule has 22 heavy (non-hydrogen) atoms. The number of sulfone groups is 1. The van der Waals surface area contributed by atoms with Gasteiger partial charge in [0.05, 0.1) is 11.8 Å². The number of carbonyl (C=O) groups is 1. The number of carbonyl (C=O) groups excluding carboxylic acids is 1. The summed E-state index contributed by atoms with van der Waals surface area (Å²) in [6.07, 6.45) is 1.17. The minimum Gasteiger partial charge on any atom is -0.331 e. The molecular formula is C15H23ClN2O3S. The van der Waals surface area contributed by atoms with Crippen LogP contribution in [0.2, 0.25) is 5.02 Å². The molecule has 0 saturated carbocycles. The highest BCUT2D eigenvalue weighted by Crippen LogP contribution is 2.16. The van der Waals surface area contributed by atoms with Crippen LogP contribution in [0.15, 0.2) is 24.3 Å². The van der Waals surface area contributed by atoms with Crippen molar-refractivity contribution in [3.8, 4) is 0 Å². The summed E-state index contributed by atoms with van der Waals surface area (Å²) in [7, 11) is -3.11. The van der Waals surface area contributed by atoms with Crippen LogP contribution in [-0.2, 0) is 9.84 Å². The first kappa shape index (κ1) is 18.8. The highest BCUT2D eigenvalue weighted by Gasteiger charge is 2.20. The van der Waals surface area contributed by atoms with E-state index in [9.17, 15) is 13.2 Å². The van der Waals surface area contributed by atoms with Gasteiger partial charge in [0.15, 0.2) is 0 Å². The molecule has 0 radical (unpaired) electrons. The Morgan fingerprint density at radius 3 is 2.23 bits per heavy atom. The lowest BCUT2D eigenvalue weighted by Gasteiger charge is -2.28. The Bertz CT molecular complexity index is 600. The number of hydrogen-bond acceptors (Lipinski definition) is 3. The molecule has 1 rings (SSSR count). The number of rotatable bonds is 6. The van der Waals surface area contributed by atoms with Gasteiger partial charge in [-0.1, -0.05) is 23.7 Å². The van der Waals surface area contributed by atoms with Crippen LogP contribution in [0.1, 0.15) is 32.4 Å². The number of nitrogens with zero attached hydrogens (tertiary/aromatic N) is 1. The molecule has 0 bridgehead atoms. The Morgan fingerprint density at radius 2 is 1.77 bits per heavy atom. The van der Waals surface area contributed by atoms with Crippen molar-refractivity contribution in [1.82, 2.24) is 10.2 Å². The van der Waals surface area contributed by atoms with Crippen molar-refractivity contribution in [2.45, 2.75) is 32.9 Å². The molecule has 0 heterocycles. The summed E-state index contributed by atoms with van der Waals surface area (Å²) >= 11 is 5.85. The van der Waals surface area contributed by atoms with E-state index in [1.165, 1.54) is 11.2 Å². The lowest BCUT2D eigenvalue weighted by molar-refractivity contribution is 0.184. The Kier molecular flexibility index (Phi) is 6.68. The Hall–Kier alpha value is -1.27. The molecule has 0 aromatic heterocycles. The minimum atomic E-state index is -3.11. The first-order chi connectivity index (χ1) is 10.1. The van der Waals surface area contributed by atoms with Crippen molar-refractivity contribution in [3.05, 3.63) is 34.9 Å². The predicted molar refractivity (Wildman–Crippen MR) is 90.0 cm³/mol. The van der Waals surface area contributed by atoms with E-state index in [1.54, 1.807) is 12.1 Å². The van der Waals surface area contributed by atoms with E-state index in [0.29, 0.717) is 5.02 Å². The van der Waals surface area contributed by atoms with Gasteiger partial charge in [-0.25, -0.2) is 13.2 Å². The third-order valence-corrected chi connectivity index (χ3v) is 4.47. The van der Waals surface area contributed by atoms with Gasteiger partial charge in [-0.05, 0) is 38.5 Å². The maximum Gasteiger partial charge on any atom is 0.318 e. The van der Waals surface area contributed by atoms with Gasteiger partial charge in [0, 0.05) is 23.9 Å². The maximum atomic E-state index is 12.3. The van der Waals surface area contributed by atoms with E-state index < -0.39 is 9.84 Å². The van der Waals surface area contributed by atoms with Crippen LogP contribution in [0.25, 0.3) is 0 Å². The predicted octanol–water partition coefficient (Wildman–Crippen LogP) is 2.87. The first-order valence-electron chi connectivity index (χ1n) is 7.10. The topological polar surface area (TPSA) is 66.5 Å². The van der Waals surface area contributed by atoms with E-state index in [1.807, 2.05) is 32.9 Å². The molecule has 0 aliphatic rings. The Morgan fingerprint density at radius 1 is 1.23 bits per heavy atom. The molecular weight excluding hydrogens is 324 g/mol. The maximum absolute atomic E-state index is 12.3. The largest absolute Gasteiger partial charge is 0.331 e. The molecule has 5 nitrogen and oxygen atoms in total. The third-order valence-electron chi connectivity index (χ3n) is 3.30. The number of hydrogen-bond donors (Lipinski definition) is 1. The normalized spacial score (nSPS) is 13.0. The fraction of sp³-hybridized carbons (Fsp3) is 0.533. The van der Waals surface area contributed by atoms with Crippen molar-refractivity contribution in [1.29, 1.82) is 0 Å². The van der Waals surface area contributed by atoms with Gasteiger partial charge in [0.1, 0.15) is 9.84 Å². The summed E-state index contributed by atoms with van der Waals surface area (Å²) in [5.41, 5.74) is 0.935. The highest BCUT2D eigenvalue weighted by molar-refractivity contribution is 7.90. The average molecular weight is 347 g/mol. The van der Waals surface area contributed by atoms with E-state index in [0.717, 1.165) is 5.56 Å². The summed E-state index contributed by atoms with van der Waals surface area (Å²) in [6.45, 7) is 5.76.